The first-order chi connectivity index (χ1) is 22.3. The van der Waals surface area contributed by atoms with Crippen LogP contribution in [0.15, 0.2) is 72.8 Å². The van der Waals surface area contributed by atoms with Crippen molar-refractivity contribution in [2.45, 2.75) is 151 Å². The summed E-state index contributed by atoms with van der Waals surface area (Å²) in [6.45, 7) is 0. The van der Waals surface area contributed by atoms with Crippen molar-refractivity contribution in [3.63, 3.8) is 0 Å². The van der Waals surface area contributed by atoms with E-state index in [2.05, 4.69) is 85.0 Å². The van der Waals surface area contributed by atoms with Crippen LogP contribution in [0, 0.1) is 0 Å². The van der Waals surface area contributed by atoms with Crippen LogP contribution in [0.5, 0.6) is 0 Å². The molecule has 4 saturated carbocycles. The number of allylic oxidation sites excluding steroid dienone is 2. The first kappa shape index (κ1) is 34.3. The Morgan fingerprint density at radius 2 is 0.711 bits per heavy atom. The molecule has 45 heavy (non-hydrogen) atoms. The Morgan fingerprint density at radius 1 is 0.422 bits per heavy atom. The van der Waals surface area contributed by atoms with Gasteiger partial charge in [0.25, 0.3) is 0 Å². The van der Waals surface area contributed by atoms with Crippen LogP contribution >= 0.6 is 10.9 Å². The van der Waals surface area contributed by atoms with Crippen molar-refractivity contribution < 1.29 is 17.0 Å². The second-order valence-corrected chi connectivity index (χ2v) is 35.6. The van der Waals surface area contributed by atoms with Crippen molar-refractivity contribution in [2.75, 3.05) is 12.3 Å². The molecule has 4 fully saturated rings. The normalized spacial score (nSPS) is 23.2. The Morgan fingerprint density at radius 3 is 1.00 bits per heavy atom. The van der Waals surface area contributed by atoms with Crippen LogP contribution in [0.3, 0.4) is 0 Å². The monoisotopic (exact) mass is 736 g/mol. The SMILES string of the molecule is C(=C\c1ccccc1)/C[PH]([Pd][PH](C/C=C/c1ccccc1)(C1CCCCC1)C1CCCCC1)(C1CCCCC1)C1CCCCC1. The van der Waals surface area contributed by atoms with E-state index in [1.54, 1.807) is 51.4 Å². The molecule has 6 rings (SSSR count). The molecule has 0 aromatic heterocycles. The van der Waals surface area contributed by atoms with E-state index in [9.17, 15) is 0 Å². The minimum atomic E-state index is -1.59. The summed E-state index contributed by atoms with van der Waals surface area (Å²) in [5.41, 5.74) is 4.06. The molecule has 0 saturated heterocycles. The maximum atomic E-state index is 2.78. The molecule has 0 aliphatic heterocycles. The molecule has 2 aromatic carbocycles. The molecule has 2 aromatic rings. The van der Waals surface area contributed by atoms with Crippen LogP contribution < -0.4 is 0 Å². The molecule has 0 N–H and O–H groups in total. The second-order valence-electron chi connectivity index (χ2n) is 15.2. The standard InChI is InChI=1S/2C21H31P.Pd/c2*1-4-11-19(12-5-1)13-10-18-22(20-14-6-2-7-15-20)21-16-8-3-9-17-21;/h2*1,4-5,10-13,20-21H,2-3,6-9,14-18H2;/q;;-2/p+2/b2*13-10+;. The molecule has 4 aliphatic carbocycles. The van der Waals surface area contributed by atoms with Gasteiger partial charge in [0.15, 0.2) is 0 Å². The maximum absolute atomic E-state index is 2.78. The zero-order valence-electron chi connectivity index (χ0n) is 28.3. The third-order valence-electron chi connectivity index (χ3n) is 12.4. The van der Waals surface area contributed by atoms with Crippen LogP contribution in [0.4, 0.5) is 0 Å². The van der Waals surface area contributed by atoms with E-state index in [-0.39, 0.29) is 0 Å². The number of benzene rings is 2. The summed E-state index contributed by atoms with van der Waals surface area (Å²) in [5, 5.41) is 0. The molecule has 0 atom stereocenters. The summed E-state index contributed by atoms with van der Waals surface area (Å²) in [5.74, 6) is 0. The summed E-state index contributed by atoms with van der Waals surface area (Å²) >= 11 is 1.08. The van der Waals surface area contributed by atoms with Crippen molar-refractivity contribution in [3.8, 4) is 0 Å². The first-order valence-corrected chi connectivity index (χ1v) is 28.3. The predicted molar refractivity (Wildman–Crippen MR) is 205 cm³/mol. The molecule has 4 aliphatic rings. The molecule has 3 heteroatoms. The van der Waals surface area contributed by atoms with E-state index in [0.717, 1.165) is 39.6 Å². The van der Waals surface area contributed by atoms with Gasteiger partial charge in [0.05, 0.1) is 0 Å². The number of hydrogen-bond acceptors (Lipinski definition) is 0. The van der Waals surface area contributed by atoms with E-state index in [0.29, 0.717) is 0 Å². The molecule has 0 nitrogen and oxygen atoms in total. The zero-order chi connectivity index (χ0) is 30.6. The quantitative estimate of drug-likeness (QED) is 0.150. The van der Waals surface area contributed by atoms with Gasteiger partial charge in [-0.05, 0) is 0 Å². The van der Waals surface area contributed by atoms with Gasteiger partial charge in [-0.2, -0.15) is 0 Å². The molecular weight excluding hydrogens is 673 g/mol. The molecule has 0 heterocycles. The molecule has 0 radical (unpaired) electrons. The topological polar surface area (TPSA) is 0 Å². The van der Waals surface area contributed by atoms with Crippen LogP contribution in [-0.2, 0) is 17.0 Å². The van der Waals surface area contributed by atoms with Gasteiger partial charge in [0.2, 0.25) is 0 Å². The van der Waals surface area contributed by atoms with E-state index in [1.807, 2.05) is 0 Å². The van der Waals surface area contributed by atoms with Gasteiger partial charge < -0.3 is 0 Å². The van der Waals surface area contributed by atoms with E-state index < -0.39 is 10.9 Å². The van der Waals surface area contributed by atoms with Crippen LogP contribution in [-0.4, -0.2) is 35.0 Å². The van der Waals surface area contributed by atoms with Gasteiger partial charge in [-0.25, -0.2) is 0 Å². The summed E-state index contributed by atoms with van der Waals surface area (Å²) < 4.78 is 0. The van der Waals surface area contributed by atoms with Crippen LogP contribution in [0.2, 0.25) is 0 Å². The van der Waals surface area contributed by atoms with Crippen molar-refractivity contribution in [1.29, 1.82) is 0 Å². The molecule has 0 unspecified atom stereocenters. The summed E-state index contributed by atoms with van der Waals surface area (Å²) in [6.07, 6.45) is 44.6. The van der Waals surface area contributed by atoms with E-state index in [1.165, 1.54) is 101 Å². The van der Waals surface area contributed by atoms with Crippen molar-refractivity contribution in [3.05, 3.63) is 83.9 Å². The van der Waals surface area contributed by atoms with Crippen molar-refractivity contribution in [2.24, 2.45) is 0 Å². The molecular formula is C42H64P2Pd. The fourth-order valence-electron chi connectivity index (χ4n) is 10.1. The summed E-state index contributed by atoms with van der Waals surface area (Å²) in [4.78, 5) is 0. The molecule has 0 spiro atoms. The second kappa shape index (κ2) is 17.7. The Labute approximate surface area is 285 Å². The van der Waals surface area contributed by atoms with Gasteiger partial charge in [-0.1, -0.05) is 0 Å². The average Bonchev–Trinajstić information content (AvgIpc) is 3.13. The first-order valence-electron chi connectivity index (χ1n) is 19.3. The molecule has 0 amide bonds. The van der Waals surface area contributed by atoms with Gasteiger partial charge in [-0.3, -0.25) is 0 Å². The summed E-state index contributed by atoms with van der Waals surface area (Å²) in [6, 6.07) is 22.6. The molecule has 252 valence electrons. The van der Waals surface area contributed by atoms with E-state index in [4.69, 9.17) is 0 Å². The van der Waals surface area contributed by atoms with Crippen LogP contribution in [0.25, 0.3) is 12.2 Å². The van der Waals surface area contributed by atoms with Crippen LogP contribution in [0.1, 0.15) is 140 Å². The molecule has 0 bridgehead atoms. The fourth-order valence-corrected chi connectivity index (χ4v) is 56.6. The third kappa shape index (κ3) is 8.92. The van der Waals surface area contributed by atoms with E-state index >= 15 is 0 Å². The Hall–Kier alpha value is -0.558. The zero-order valence-corrected chi connectivity index (χ0v) is 31.8. The van der Waals surface area contributed by atoms with Gasteiger partial charge in [0.1, 0.15) is 0 Å². The Kier molecular flexibility index (Phi) is 13.5. The predicted octanol–water partition coefficient (Wildman–Crippen LogP) is 13.2. The third-order valence-corrected chi connectivity index (χ3v) is 46.5. The van der Waals surface area contributed by atoms with Gasteiger partial charge in [0, 0.05) is 0 Å². The van der Waals surface area contributed by atoms with Crippen molar-refractivity contribution in [1.82, 2.24) is 0 Å². The van der Waals surface area contributed by atoms with Gasteiger partial charge in [-0.15, -0.1) is 0 Å². The van der Waals surface area contributed by atoms with Gasteiger partial charge >= 0.3 is 287 Å². The Bertz CT molecular complexity index is 1040. The average molecular weight is 737 g/mol. The van der Waals surface area contributed by atoms with Crippen molar-refractivity contribution >= 4 is 23.1 Å². The fraction of sp³-hybridized carbons (Fsp3) is 0.619. The number of rotatable bonds is 12. The Balaban J connectivity index is 1.44. The minimum absolute atomic E-state index is 1.08. The number of hydrogen-bond donors (Lipinski definition) is 0. The summed E-state index contributed by atoms with van der Waals surface area (Å²) in [7, 11) is 0.